The minimum atomic E-state index is -1.42. The van der Waals surface area contributed by atoms with Crippen molar-refractivity contribution in [2.75, 3.05) is 26.2 Å². The number of nitrogens with two attached hydrogens (primary N) is 5. The molecule has 0 aliphatic heterocycles. The van der Waals surface area contributed by atoms with Crippen molar-refractivity contribution in [3.05, 3.63) is 6.42 Å². The Bertz CT molecular complexity index is 2650. The van der Waals surface area contributed by atoms with Gasteiger partial charge >= 0.3 is 0 Å². The molecule has 0 saturated heterocycles. The van der Waals surface area contributed by atoms with Crippen LogP contribution >= 0.6 is 0 Å². The first-order valence-electron chi connectivity index (χ1n) is 36.7. The van der Waals surface area contributed by atoms with E-state index in [4.69, 9.17) is 28.7 Å². The third-order valence-corrected chi connectivity index (χ3v) is 16.7. The molecule has 23 N–H and O–H groups in total. The summed E-state index contributed by atoms with van der Waals surface area (Å²) in [6.45, 7) is 27.3. The molecule has 14 atom stereocenters. The predicted octanol–water partition coefficient (Wildman–Crippen LogP) is -0.786. The molecule has 0 spiro atoms. The van der Waals surface area contributed by atoms with E-state index in [0.29, 0.717) is 83.2 Å². The zero-order valence-corrected chi connectivity index (χ0v) is 63.6. The largest absolute Gasteiger partial charge is 0.370 e. The number of hydrogen-bond acceptors (Lipinski definition) is 18. The number of carbonyl (C=O) groups excluding carboxylic acids is 14. The van der Waals surface area contributed by atoms with E-state index in [0.717, 1.165) is 6.42 Å². The van der Waals surface area contributed by atoms with E-state index in [1.807, 2.05) is 41.5 Å². The maximum Gasteiger partial charge on any atom is 0.243 e. The van der Waals surface area contributed by atoms with Crippen LogP contribution in [0.1, 0.15) is 219 Å². The van der Waals surface area contributed by atoms with Crippen LogP contribution in [0.2, 0.25) is 0 Å². The fourth-order valence-electron chi connectivity index (χ4n) is 10.8. The Balaban J connectivity index is 6.35. The Morgan fingerprint density at radius 1 is 0.284 bits per heavy atom. The topological polar surface area (TPSA) is 525 Å². The molecule has 0 saturated carbocycles. The normalized spacial score (nSPS) is 15.5. The molecule has 1 radical (unpaired) electrons. The molecule has 0 aliphatic carbocycles. The molecule has 0 heterocycles. The lowest BCUT2D eigenvalue weighted by Crippen LogP contribution is -2.60. The third-order valence-electron chi connectivity index (χ3n) is 16.7. The molecule has 0 rings (SSSR count). The Morgan fingerprint density at radius 2 is 0.520 bits per heavy atom. The molecular weight excluding hydrogens is 1320 g/mol. The molecular formula is C70H131N18O14. The number of hydrogen-bond donors (Lipinski definition) is 18. The quantitative estimate of drug-likeness (QED) is 0.0332. The van der Waals surface area contributed by atoms with Crippen molar-refractivity contribution in [1.29, 1.82) is 0 Å². The number of rotatable bonds is 54. The van der Waals surface area contributed by atoms with Gasteiger partial charge in [-0.2, -0.15) is 0 Å². The predicted molar refractivity (Wildman–Crippen MR) is 390 cm³/mol. The van der Waals surface area contributed by atoms with Gasteiger partial charge in [0.25, 0.3) is 0 Å². The van der Waals surface area contributed by atoms with Gasteiger partial charge in [0, 0.05) is 6.04 Å². The second-order valence-electron chi connectivity index (χ2n) is 28.7. The van der Waals surface area contributed by atoms with E-state index in [-0.39, 0.29) is 87.2 Å². The molecule has 0 aliphatic rings. The number of nitrogens with one attached hydrogen (secondary N) is 13. The molecule has 14 unspecified atom stereocenters. The van der Waals surface area contributed by atoms with Crippen LogP contribution in [0.15, 0.2) is 0 Å². The van der Waals surface area contributed by atoms with Gasteiger partial charge in [0.15, 0.2) is 0 Å². The van der Waals surface area contributed by atoms with Crippen LogP contribution in [0.3, 0.4) is 0 Å². The van der Waals surface area contributed by atoms with Gasteiger partial charge in [0.2, 0.25) is 82.7 Å². The van der Waals surface area contributed by atoms with Crippen molar-refractivity contribution in [3.8, 4) is 0 Å². The van der Waals surface area contributed by atoms with Crippen molar-refractivity contribution in [1.82, 2.24) is 69.1 Å². The summed E-state index contributed by atoms with van der Waals surface area (Å²) in [4.78, 5) is 191. The summed E-state index contributed by atoms with van der Waals surface area (Å²) in [6.07, 6.45) is 6.62. The molecule has 0 aromatic carbocycles. The standard InChI is InChI=1S/C70H131N18O14/c1-16-43(10)37-58(90)81-56(38-57(75)89)70(102)88-55(36-42(8)9)69(101)85-50(26-18-22-30-72)64(96)79-47(14)60(92)82-49(25-17-21-29-71)63(95)78-45(12)59(91)77-46(13)62(94)86-54(35-41(6)7)68(100)80-48(15)61(93)83-51(27-19-23-31-73)65(97)84-52(28-20-24-32-74)66(98)87-53(34-40(4)5)67(99)76-44(11)33-39(2)3/h37,39-56H,16-36,38,71-74H2,1-15H3,(H2,75,89)(H,76,99)(H,77,91)(H,78,95)(H,79,96)(H,80,100)(H,81,90)(H,82,92)(H,83,93)(H,84,97)(H,85,101)(H,86,94)(H,87,98)(H,88,102). The molecule has 0 bridgehead atoms. The van der Waals surface area contributed by atoms with E-state index in [1.165, 1.54) is 34.1 Å². The van der Waals surface area contributed by atoms with E-state index < -0.39 is 156 Å². The van der Waals surface area contributed by atoms with Crippen molar-refractivity contribution >= 4 is 82.7 Å². The molecule has 0 fully saturated rings. The van der Waals surface area contributed by atoms with Crippen LogP contribution in [-0.4, -0.2) is 187 Å². The first-order chi connectivity index (χ1) is 47.8. The molecule has 14 amide bonds. The summed E-state index contributed by atoms with van der Waals surface area (Å²) in [5.74, 6) is -10.4. The SMILES string of the molecule is CCC(C)[CH]C(=O)NC(CC(N)=O)C(=O)NC(CC(C)C)C(=O)NC(CCCCN)C(=O)NC(C)C(=O)NC(CCCCN)C(=O)NC(C)C(=O)NC(C)C(=O)NC(CC(C)C)C(=O)NC(C)C(=O)NC(CCCCN)C(=O)NC(CCCCN)C(=O)NC(CC(C)C)C(=O)NC(C)CC(C)C. The Morgan fingerprint density at radius 3 is 0.814 bits per heavy atom. The van der Waals surface area contributed by atoms with Crippen LogP contribution in [0, 0.1) is 36.0 Å². The van der Waals surface area contributed by atoms with Crippen LogP contribution in [0.5, 0.6) is 0 Å². The summed E-state index contributed by atoms with van der Waals surface area (Å²) in [7, 11) is 0. The molecule has 102 heavy (non-hydrogen) atoms. The Labute approximate surface area is 605 Å². The number of amides is 14. The van der Waals surface area contributed by atoms with E-state index in [9.17, 15) is 67.1 Å². The molecule has 0 aromatic heterocycles. The minimum absolute atomic E-state index is 0.0334. The molecule has 32 heteroatoms. The van der Waals surface area contributed by atoms with E-state index >= 15 is 0 Å². The lowest BCUT2D eigenvalue weighted by atomic mass is 10.00. The van der Waals surface area contributed by atoms with Crippen LogP contribution < -0.4 is 97.8 Å². The zero-order chi connectivity index (χ0) is 77.9. The summed E-state index contributed by atoms with van der Waals surface area (Å²) in [5.41, 5.74) is 28.5. The first kappa shape index (κ1) is 94.4. The van der Waals surface area contributed by atoms with Crippen LogP contribution in [-0.2, 0) is 67.1 Å². The zero-order valence-electron chi connectivity index (χ0n) is 63.6. The van der Waals surface area contributed by atoms with Crippen LogP contribution in [0.25, 0.3) is 0 Å². The van der Waals surface area contributed by atoms with Gasteiger partial charge in [0.1, 0.15) is 72.5 Å². The second kappa shape index (κ2) is 51.5. The van der Waals surface area contributed by atoms with Crippen LogP contribution in [0.4, 0.5) is 0 Å². The van der Waals surface area contributed by atoms with Crippen molar-refractivity contribution in [2.45, 2.75) is 298 Å². The number of primary amides is 1. The Hall–Kier alpha value is -7.58. The number of unbranched alkanes of at least 4 members (excludes halogenated alkanes) is 4. The summed E-state index contributed by atoms with van der Waals surface area (Å²) < 4.78 is 0. The Kier molecular flexibility index (Phi) is 47.7. The van der Waals surface area contributed by atoms with Gasteiger partial charge in [-0.1, -0.05) is 75.7 Å². The maximum atomic E-state index is 14.2. The second-order valence-corrected chi connectivity index (χ2v) is 28.7. The lowest BCUT2D eigenvalue weighted by Gasteiger charge is -2.28. The summed E-state index contributed by atoms with van der Waals surface area (Å²) >= 11 is 0. The smallest absolute Gasteiger partial charge is 0.243 e. The fourth-order valence-corrected chi connectivity index (χ4v) is 10.8. The highest BCUT2D eigenvalue weighted by Crippen LogP contribution is 2.15. The van der Waals surface area contributed by atoms with Gasteiger partial charge in [-0.3, -0.25) is 67.1 Å². The monoisotopic (exact) mass is 1450 g/mol. The first-order valence-corrected chi connectivity index (χ1v) is 36.7. The van der Waals surface area contributed by atoms with Crippen molar-refractivity contribution in [3.63, 3.8) is 0 Å². The van der Waals surface area contributed by atoms with Gasteiger partial charge in [-0.15, -0.1) is 0 Å². The minimum Gasteiger partial charge on any atom is -0.370 e. The van der Waals surface area contributed by atoms with Gasteiger partial charge in [-0.05, 0) is 193 Å². The highest BCUT2D eigenvalue weighted by molar-refractivity contribution is 6.00. The van der Waals surface area contributed by atoms with E-state index in [1.54, 1.807) is 34.6 Å². The highest BCUT2D eigenvalue weighted by atomic mass is 16.2. The number of carbonyl (C=O) groups is 14. The molecule has 0 aromatic rings. The van der Waals surface area contributed by atoms with E-state index in [2.05, 4.69) is 69.1 Å². The molecule has 32 nitrogen and oxygen atoms in total. The van der Waals surface area contributed by atoms with Crippen molar-refractivity contribution < 1.29 is 67.1 Å². The molecule has 585 valence electrons. The van der Waals surface area contributed by atoms with Gasteiger partial charge in [0.05, 0.1) is 12.8 Å². The van der Waals surface area contributed by atoms with Crippen molar-refractivity contribution in [2.24, 2.45) is 58.3 Å². The van der Waals surface area contributed by atoms with Gasteiger partial charge < -0.3 is 97.8 Å². The fraction of sp³-hybridized carbons (Fsp3) is 0.786. The average Bonchev–Trinajstić information content (AvgIpc) is 0.870. The third kappa shape index (κ3) is 40.3. The summed E-state index contributed by atoms with van der Waals surface area (Å²) in [6, 6.07) is -14.9. The lowest BCUT2D eigenvalue weighted by molar-refractivity contribution is -0.136. The summed E-state index contributed by atoms with van der Waals surface area (Å²) in [5, 5.41) is 34.7. The average molecular weight is 1450 g/mol. The maximum absolute atomic E-state index is 14.2. The highest BCUT2D eigenvalue weighted by Gasteiger charge is 2.36. The van der Waals surface area contributed by atoms with Gasteiger partial charge in [-0.25, -0.2) is 0 Å².